The van der Waals surface area contributed by atoms with E-state index in [1.807, 2.05) is 0 Å². The van der Waals surface area contributed by atoms with Gasteiger partial charge in [-0.05, 0) is 12.1 Å². The summed E-state index contributed by atoms with van der Waals surface area (Å²) in [5, 5.41) is 9.88. The number of nitrogen functional groups attached to an aromatic ring is 1. The van der Waals surface area contributed by atoms with Crippen LogP contribution in [0.3, 0.4) is 0 Å². The highest BCUT2D eigenvalue weighted by Gasteiger charge is 2.18. The second kappa shape index (κ2) is 3.70. The summed E-state index contributed by atoms with van der Waals surface area (Å²) in [4.78, 5) is 11.9. The number of nitrogens with two attached hydrogens (primary N) is 1. The molecule has 1 aromatic carbocycles. The fourth-order valence-electron chi connectivity index (χ4n) is 1.18. The number of hydrogen-bond donors (Lipinski definition) is 2. The highest BCUT2D eigenvalue weighted by atomic mass is 35.5. The fourth-order valence-corrected chi connectivity index (χ4v) is 1.40. The molecule has 0 saturated carbocycles. The van der Waals surface area contributed by atoms with Crippen molar-refractivity contribution in [3.63, 3.8) is 0 Å². The Balaban J connectivity index is 2.46. The average molecular weight is 223 g/mol. The lowest BCUT2D eigenvalue weighted by molar-refractivity contribution is 0.103. The van der Waals surface area contributed by atoms with Crippen LogP contribution in [0.2, 0.25) is 5.02 Å². The smallest absolute Gasteiger partial charge is 0.218 e. The molecule has 2 rings (SSSR count). The molecule has 0 bridgehead atoms. The maximum absolute atomic E-state index is 11.9. The van der Waals surface area contributed by atoms with Gasteiger partial charge in [0.1, 0.15) is 0 Å². The largest absolute Gasteiger partial charge is 0.380 e. The quantitative estimate of drug-likeness (QED) is 0.750. The monoisotopic (exact) mass is 222 g/mol. The van der Waals surface area contributed by atoms with Gasteiger partial charge in [0.25, 0.3) is 0 Å². The van der Waals surface area contributed by atoms with Crippen molar-refractivity contribution in [2.75, 3.05) is 5.73 Å². The second-order valence-electron chi connectivity index (χ2n) is 2.87. The number of halogens is 1. The minimum Gasteiger partial charge on any atom is -0.380 e. The van der Waals surface area contributed by atoms with Crippen molar-refractivity contribution in [2.45, 2.75) is 0 Å². The third kappa shape index (κ3) is 1.69. The Morgan fingerprint density at radius 2 is 2.07 bits per heavy atom. The van der Waals surface area contributed by atoms with Crippen molar-refractivity contribution in [2.24, 2.45) is 0 Å². The van der Waals surface area contributed by atoms with E-state index >= 15 is 0 Å². The van der Waals surface area contributed by atoms with Gasteiger partial charge in [0.15, 0.2) is 11.5 Å². The summed E-state index contributed by atoms with van der Waals surface area (Å²) < 4.78 is 0. The number of benzene rings is 1. The van der Waals surface area contributed by atoms with E-state index in [2.05, 4.69) is 15.4 Å². The molecular formula is C9H7ClN4O. The molecule has 0 saturated heterocycles. The van der Waals surface area contributed by atoms with Gasteiger partial charge in [-0.25, -0.2) is 0 Å². The lowest BCUT2D eigenvalue weighted by Gasteiger charge is -1.99. The molecular weight excluding hydrogens is 216 g/mol. The van der Waals surface area contributed by atoms with Crippen LogP contribution in [0.4, 0.5) is 5.82 Å². The van der Waals surface area contributed by atoms with E-state index in [-0.39, 0.29) is 17.3 Å². The first-order valence-electron chi connectivity index (χ1n) is 4.15. The molecule has 0 amide bonds. The number of ketones is 1. The molecule has 1 heterocycles. The number of aromatic nitrogens is 3. The summed E-state index contributed by atoms with van der Waals surface area (Å²) >= 11 is 5.87. The van der Waals surface area contributed by atoms with Crippen molar-refractivity contribution in [3.8, 4) is 0 Å². The third-order valence-corrected chi connectivity index (χ3v) is 2.24. The van der Waals surface area contributed by atoms with Gasteiger partial charge in [0.05, 0.1) is 5.02 Å². The van der Waals surface area contributed by atoms with Crippen molar-refractivity contribution < 1.29 is 4.79 Å². The van der Waals surface area contributed by atoms with E-state index in [9.17, 15) is 4.79 Å². The van der Waals surface area contributed by atoms with E-state index in [1.165, 1.54) is 0 Å². The molecule has 3 N–H and O–H groups in total. The molecule has 6 heteroatoms. The Morgan fingerprint density at radius 3 is 2.67 bits per heavy atom. The summed E-state index contributed by atoms with van der Waals surface area (Å²) in [5.74, 6) is -0.272. The van der Waals surface area contributed by atoms with Crippen LogP contribution in [0, 0.1) is 0 Å². The molecule has 0 aliphatic rings. The number of aromatic amines is 1. The van der Waals surface area contributed by atoms with Crippen LogP contribution in [0.1, 0.15) is 16.1 Å². The Morgan fingerprint density at radius 1 is 1.33 bits per heavy atom. The lowest BCUT2D eigenvalue weighted by atomic mass is 10.1. The van der Waals surface area contributed by atoms with Crippen LogP contribution in [-0.4, -0.2) is 21.2 Å². The van der Waals surface area contributed by atoms with Crippen LogP contribution in [0.5, 0.6) is 0 Å². The zero-order valence-corrected chi connectivity index (χ0v) is 8.32. The SMILES string of the molecule is Nc1n[nH]nc1C(=O)c1ccccc1Cl. The summed E-state index contributed by atoms with van der Waals surface area (Å²) in [7, 11) is 0. The number of nitrogens with zero attached hydrogens (tertiary/aromatic N) is 2. The van der Waals surface area contributed by atoms with Gasteiger partial charge in [0.2, 0.25) is 5.78 Å². The van der Waals surface area contributed by atoms with Gasteiger partial charge in [-0.1, -0.05) is 23.7 Å². The summed E-state index contributed by atoms with van der Waals surface area (Å²) in [6, 6.07) is 6.70. The highest BCUT2D eigenvalue weighted by Crippen LogP contribution is 2.19. The van der Waals surface area contributed by atoms with Gasteiger partial charge in [-0.3, -0.25) is 4.79 Å². The number of anilines is 1. The lowest BCUT2D eigenvalue weighted by Crippen LogP contribution is -2.05. The summed E-state index contributed by atoms with van der Waals surface area (Å²) in [6.07, 6.45) is 0. The zero-order chi connectivity index (χ0) is 10.8. The third-order valence-electron chi connectivity index (χ3n) is 1.91. The van der Waals surface area contributed by atoms with Crippen LogP contribution >= 0.6 is 11.6 Å². The summed E-state index contributed by atoms with van der Waals surface area (Å²) in [5.41, 5.74) is 5.91. The van der Waals surface area contributed by atoms with Gasteiger partial charge in [0, 0.05) is 5.56 Å². The fraction of sp³-hybridized carbons (Fsp3) is 0. The number of hydrogen-bond acceptors (Lipinski definition) is 4. The molecule has 0 fully saturated rings. The topological polar surface area (TPSA) is 84.7 Å². The minimum absolute atomic E-state index is 0.0694. The highest BCUT2D eigenvalue weighted by molar-refractivity contribution is 6.35. The van der Waals surface area contributed by atoms with Crippen molar-refractivity contribution in [1.82, 2.24) is 15.4 Å². The van der Waals surface area contributed by atoms with Crippen LogP contribution < -0.4 is 5.73 Å². The first-order valence-corrected chi connectivity index (χ1v) is 4.53. The van der Waals surface area contributed by atoms with Crippen molar-refractivity contribution in [1.29, 1.82) is 0 Å². The normalized spacial score (nSPS) is 10.2. The van der Waals surface area contributed by atoms with Gasteiger partial charge >= 0.3 is 0 Å². The number of H-pyrrole nitrogens is 1. The molecule has 0 spiro atoms. The van der Waals surface area contributed by atoms with Crippen LogP contribution in [0.15, 0.2) is 24.3 Å². The molecule has 0 unspecified atom stereocenters. The Labute approximate surface area is 90.2 Å². The predicted molar refractivity (Wildman–Crippen MR) is 55.7 cm³/mol. The number of nitrogens with one attached hydrogen (secondary N) is 1. The van der Waals surface area contributed by atoms with E-state index in [1.54, 1.807) is 24.3 Å². The number of rotatable bonds is 2. The number of carbonyl (C=O) groups excluding carboxylic acids is 1. The Hall–Kier alpha value is -1.88. The summed E-state index contributed by atoms with van der Waals surface area (Å²) in [6.45, 7) is 0. The maximum Gasteiger partial charge on any atom is 0.218 e. The molecule has 0 radical (unpaired) electrons. The predicted octanol–water partition coefficient (Wildman–Crippen LogP) is 1.27. The van der Waals surface area contributed by atoms with Gasteiger partial charge < -0.3 is 5.73 Å². The van der Waals surface area contributed by atoms with Gasteiger partial charge in [-0.15, -0.1) is 5.10 Å². The average Bonchev–Trinajstić information content (AvgIpc) is 2.64. The molecule has 15 heavy (non-hydrogen) atoms. The van der Waals surface area contributed by atoms with Crippen LogP contribution in [0.25, 0.3) is 0 Å². The minimum atomic E-state index is -0.341. The Bertz CT molecular complexity index is 508. The molecule has 0 aliphatic heterocycles. The first-order chi connectivity index (χ1) is 7.20. The molecule has 76 valence electrons. The first kappa shape index (κ1) is 9.67. The molecule has 0 atom stereocenters. The molecule has 5 nitrogen and oxygen atoms in total. The van der Waals surface area contributed by atoms with E-state index in [0.29, 0.717) is 10.6 Å². The zero-order valence-electron chi connectivity index (χ0n) is 7.57. The maximum atomic E-state index is 11.9. The molecule has 0 aliphatic carbocycles. The molecule has 1 aromatic heterocycles. The van der Waals surface area contributed by atoms with Crippen LogP contribution in [-0.2, 0) is 0 Å². The van der Waals surface area contributed by atoms with Crippen molar-refractivity contribution >= 4 is 23.2 Å². The van der Waals surface area contributed by atoms with E-state index in [0.717, 1.165) is 0 Å². The second-order valence-corrected chi connectivity index (χ2v) is 3.27. The van der Waals surface area contributed by atoms with Crippen molar-refractivity contribution in [3.05, 3.63) is 40.5 Å². The standard InChI is InChI=1S/C9H7ClN4O/c10-6-4-2-1-3-5(6)8(15)7-9(11)13-14-12-7/h1-4H,(H3,11,12,13,14). The number of carbonyl (C=O) groups is 1. The van der Waals surface area contributed by atoms with E-state index < -0.39 is 0 Å². The Kier molecular flexibility index (Phi) is 2.39. The van der Waals surface area contributed by atoms with E-state index in [4.69, 9.17) is 17.3 Å². The molecule has 2 aromatic rings. The van der Waals surface area contributed by atoms with Gasteiger partial charge in [-0.2, -0.15) is 10.3 Å².